The van der Waals surface area contributed by atoms with Crippen molar-refractivity contribution in [3.63, 3.8) is 0 Å². The van der Waals surface area contributed by atoms with Crippen molar-refractivity contribution < 1.29 is 0 Å². The van der Waals surface area contributed by atoms with Crippen LogP contribution in [0.1, 0.15) is 37.7 Å². The molecule has 0 spiro atoms. The van der Waals surface area contributed by atoms with Crippen molar-refractivity contribution in [2.24, 2.45) is 17.6 Å². The zero-order valence-corrected chi connectivity index (χ0v) is 11.1. The van der Waals surface area contributed by atoms with E-state index in [1.165, 1.54) is 37.7 Å². The summed E-state index contributed by atoms with van der Waals surface area (Å²) in [5.41, 5.74) is 7.71. The first-order chi connectivity index (χ1) is 8.82. The van der Waals surface area contributed by atoms with Crippen molar-refractivity contribution >= 4 is 0 Å². The number of benzene rings is 1. The summed E-state index contributed by atoms with van der Waals surface area (Å²) in [6.45, 7) is 1.75. The van der Waals surface area contributed by atoms with Gasteiger partial charge in [-0.15, -0.1) is 0 Å². The minimum absolute atomic E-state index is 0.219. The second-order valence-corrected chi connectivity index (χ2v) is 6.12. The molecule has 3 N–H and O–H groups in total. The summed E-state index contributed by atoms with van der Waals surface area (Å²) >= 11 is 0. The molecule has 2 heteroatoms. The van der Waals surface area contributed by atoms with Gasteiger partial charge >= 0.3 is 0 Å². The van der Waals surface area contributed by atoms with Crippen LogP contribution in [0.2, 0.25) is 0 Å². The highest BCUT2D eigenvalue weighted by Crippen LogP contribution is 2.47. The van der Waals surface area contributed by atoms with E-state index >= 15 is 0 Å². The van der Waals surface area contributed by atoms with Gasteiger partial charge in [0.15, 0.2) is 0 Å². The van der Waals surface area contributed by atoms with Gasteiger partial charge in [0, 0.05) is 18.6 Å². The minimum Gasteiger partial charge on any atom is -0.329 e. The van der Waals surface area contributed by atoms with Gasteiger partial charge in [0.25, 0.3) is 0 Å². The molecule has 0 radical (unpaired) electrons. The summed E-state index contributed by atoms with van der Waals surface area (Å²) < 4.78 is 0. The van der Waals surface area contributed by atoms with Crippen LogP contribution in [0.4, 0.5) is 0 Å². The number of hydrogen-bond acceptors (Lipinski definition) is 2. The van der Waals surface area contributed by atoms with Crippen LogP contribution in [0.5, 0.6) is 0 Å². The second-order valence-electron chi connectivity index (χ2n) is 6.12. The molecule has 3 aliphatic carbocycles. The van der Waals surface area contributed by atoms with Gasteiger partial charge in [-0.05, 0) is 36.7 Å². The molecular formula is C16H24N2. The molecule has 0 aromatic heterocycles. The zero-order chi connectivity index (χ0) is 12.4. The molecule has 3 saturated carbocycles. The Hall–Kier alpha value is -0.860. The molecule has 0 heterocycles. The Morgan fingerprint density at radius 3 is 2.39 bits per heavy atom. The fourth-order valence-corrected chi connectivity index (χ4v) is 4.01. The van der Waals surface area contributed by atoms with Crippen molar-refractivity contribution in [3.8, 4) is 0 Å². The number of nitrogens with two attached hydrogens (primary N) is 1. The Labute approximate surface area is 110 Å². The third kappa shape index (κ3) is 2.19. The fourth-order valence-electron chi connectivity index (χ4n) is 4.01. The van der Waals surface area contributed by atoms with Crippen LogP contribution in [-0.2, 0) is 6.54 Å². The van der Waals surface area contributed by atoms with Crippen LogP contribution in [0, 0.1) is 11.8 Å². The van der Waals surface area contributed by atoms with Gasteiger partial charge in [0.2, 0.25) is 0 Å². The molecule has 1 aromatic carbocycles. The smallest absolute Gasteiger partial charge is 0.0337 e. The van der Waals surface area contributed by atoms with Crippen molar-refractivity contribution in [3.05, 3.63) is 35.9 Å². The Morgan fingerprint density at radius 2 is 1.83 bits per heavy atom. The van der Waals surface area contributed by atoms with Crippen molar-refractivity contribution in [1.29, 1.82) is 0 Å². The van der Waals surface area contributed by atoms with Gasteiger partial charge in [-0.25, -0.2) is 0 Å². The monoisotopic (exact) mass is 244 g/mol. The van der Waals surface area contributed by atoms with Crippen LogP contribution in [0.3, 0.4) is 0 Å². The van der Waals surface area contributed by atoms with E-state index in [-0.39, 0.29) is 5.54 Å². The number of nitrogens with one attached hydrogen (secondary N) is 1. The van der Waals surface area contributed by atoms with E-state index in [1.807, 2.05) is 0 Å². The van der Waals surface area contributed by atoms with Gasteiger partial charge in [-0.1, -0.05) is 43.2 Å². The maximum absolute atomic E-state index is 6.13. The molecular weight excluding hydrogens is 220 g/mol. The van der Waals surface area contributed by atoms with E-state index in [0.717, 1.165) is 24.9 Å². The molecule has 1 atom stereocenters. The lowest BCUT2D eigenvalue weighted by atomic mass is 9.60. The first-order valence-electron chi connectivity index (χ1n) is 7.31. The summed E-state index contributed by atoms with van der Waals surface area (Å²) in [5.74, 6) is 1.72. The SMILES string of the molecule is NCC1(NCc2ccccc2)CC2CCC1CC2. The van der Waals surface area contributed by atoms with Crippen LogP contribution in [-0.4, -0.2) is 12.1 Å². The van der Waals surface area contributed by atoms with Crippen LogP contribution in [0.15, 0.2) is 30.3 Å². The summed E-state index contributed by atoms with van der Waals surface area (Å²) in [6.07, 6.45) is 6.91. The van der Waals surface area contributed by atoms with Crippen LogP contribution in [0.25, 0.3) is 0 Å². The van der Waals surface area contributed by atoms with E-state index < -0.39 is 0 Å². The van der Waals surface area contributed by atoms with E-state index in [1.54, 1.807) is 0 Å². The third-order valence-corrected chi connectivity index (χ3v) is 5.13. The first-order valence-corrected chi connectivity index (χ1v) is 7.31. The topological polar surface area (TPSA) is 38.0 Å². The van der Waals surface area contributed by atoms with Gasteiger partial charge in [-0.3, -0.25) is 0 Å². The highest BCUT2D eigenvalue weighted by molar-refractivity contribution is 5.15. The molecule has 98 valence electrons. The molecule has 0 amide bonds. The Bertz CT molecular complexity index is 381. The Morgan fingerprint density at radius 1 is 1.11 bits per heavy atom. The van der Waals surface area contributed by atoms with Crippen molar-refractivity contribution in [2.45, 2.75) is 44.2 Å². The lowest BCUT2D eigenvalue weighted by Gasteiger charge is -2.52. The first kappa shape index (κ1) is 12.2. The lowest BCUT2D eigenvalue weighted by molar-refractivity contribution is 0.0456. The maximum Gasteiger partial charge on any atom is 0.0337 e. The average molecular weight is 244 g/mol. The lowest BCUT2D eigenvalue weighted by Crippen LogP contribution is -2.61. The fraction of sp³-hybridized carbons (Fsp3) is 0.625. The second kappa shape index (κ2) is 5.02. The standard InChI is InChI=1S/C16H24N2/c17-12-16(10-13-6-8-15(16)9-7-13)18-11-14-4-2-1-3-5-14/h1-5,13,15,18H,6-12,17H2. The van der Waals surface area contributed by atoms with Gasteiger partial charge in [0.05, 0.1) is 0 Å². The normalized spacial score (nSPS) is 34.7. The molecule has 3 fully saturated rings. The Kier molecular flexibility index (Phi) is 3.40. The number of hydrogen-bond donors (Lipinski definition) is 2. The van der Waals surface area contributed by atoms with E-state index in [9.17, 15) is 0 Å². The zero-order valence-electron chi connectivity index (χ0n) is 11.1. The molecule has 4 rings (SSSR count). The quantitative estimate of drug-likeness (QED) is 0.854. The summed E-state index contributed by atoms with van der Waals surface area (Å²) in [7, 11) is 0. The predicted octanol–water partition coefficient (Wildman–Crippen LogP) is 2.68. The molecule has 1 unspecified atom stereocenters. The third-order valence-electron chi connectivity index (χ3n) is 5.13. The van der Waals surface area contributed by atoms with Crippen molar-refractivity contribution in [1.82, 2.24) is 5.32 Å². The summed E-state index contributed by atoms with van der Waals surface area (Å²) in [6, 6.07) is 10.7. The number of rotatable bonds is 4. The van der Waals surface area contributed by atoms with Gasteiger partial charge < -0.3 is 11.1 Å². The highest BCUT2D eigenvalue weighted by Gasteiger charge is 2.45. The molecule has 1 aromatic rings. The highest BCUT2D eigenvalue weighted by atomic mass is 15.0. The minimum atomic E-state index is 0.219. The van der Waals surface area contributed by atoms with E-state index in [2.05, 4.69) is 35.6 Å². The number of fused-ring (bicyclic) bond motifs is 3. The van der Waals surface area contributed by atoms with Crippen molar-refractivity contribution in [2.75, 3.05) is 6.54 Å². The Balaban J connectivity index is 1.69. The molecule has 0 saturated heterocycles. The molecule has 3 aliphatic rings. The molecule has 18 heavy (non-hydrogen) atoms. The molecule has 2 nitrogen and oxygen atoms in total. The summed E-state index contributed by atoms with van der Waals surface area (Å²) in [4.78, 5) is 0. The largest absolute Gasteiger partial charge is 0.329 e. The van der Waals surface area contributed by atoms with Crippen LogP contribution >= 0.6 is 0 Å². The van der Waals surface area contributed by atoms with E-state index in [4.69, 9.17) is 5.73 Å². The predicted molar refractivity (Wildman–Crippen MR) is 75.1 cm³/mol. The van der Waals surface area contributed by atoms with E-state index in [0.29, 0.717) is 0 Å². The van der Waals surface area contributed by atoms with Gasteiger partial charge in [0.1, 0.15) is 0 Å². The van der Waals surface area contributed by atoms with Gasteiger partial charge in [-0.2, -0.15) is 0 Å². The maximum atomic E-state index is 6.13. The van der Waals surface area contributed by atoms with Crippen LogP contribution < -0.4 is 11.1 Å². The molecule has 2 bridgehead atoms. The summed E-state index contributed by atoms with van der Waals surface area (Å²) in [5, 5.41) is 3.81. The average Bonchev–Trinajstić information content (AvgIpc) is 2.47. The molecule has 0 aliphatic heterocycles.